The molecule has 0 aliphatic heterocycles. The smallest absolute Gasteiger partial charge is 0.252 e. The van der Waals surface area contributed by atoms with Crippen molar-refractivity contribution in [3.05, 3.63) is 28.8 Å². The number of fused-ring (bicyclic) bond motifs is 2. The van der Waals surface area contributed by atoms with Crippen molar-refractivity contribution in [1.29, 1.82) is 0 Å². The van der Waals surface area contributed by atoms with E-state index in [1.165, 1.54) is 44.9 Å². The van der Waals surface area contributed by atoms with E-state index in [4.69, 9.17) is 16.3 Å². The summed E-state index contributed by atoms with van der Waals surface area (Å²) in [7, 11) is 0. The fraction of sp³-hybridized carbons (Fsp3) is 0.696. The van der Waals surface area contributed by atoms with Crippen molar-refractivity contribution < 1.29 is 14.6 Å². The maximum absolute atomic E-state index is 12.8. The van der Waals surface area contributed by atoms with E-state index in [1.807, 2.05) is 0 Å². The average molecular weight is 423 g/mol. The summed E-state index contributed by atoms with van der Waals surface area (Å²) in [5.41, 5.74) is -0.00107. The first-order chi connectivity index (χ1) is 13.8. The summed E-state index contributed by atoms with van der Waals surface area (Å²) in [6.45, 7) is 5.80. The highest BCUT2D eigenvalue weighted by molar-refractivity contribution is 6.33. The topological polar surface area (TPSA) is 70.6 Å². The van der Waals surface area contributed by atoms with Gasteiger partial charge in [-0.2, -0.15) is 0 Å². The Morgan fingerprint density at radius 1 is 1.31 bits per heavy atom. The lowest BCUT2D eigenvalue weighted by Crippen LogP contribution is -2.43. The van der Waals surface area contributed by atoms with E-state index in [2.05, 4.69) is 10.6 Å². The van der Waals surface area contributed by atoms with Gasteiger partial charge in [0.25, 0.3) is 5.91 Å². The molecule has 1 aromatic carbocycles. The van der Waals surface area contributed by atoms with E-state index in [0.29, 0.717) is 36.0 Å². The molecule has 2 fully saturated rings. The average Bonchev–Trinajstić information content (AvgIpc) is 2.66. The predicted molar refractivity (Wildman–Crippen MR) is 117 cm³/mol. The van der Waals surface area contributed by atoms with Crippen LogP contribution in [0.25, 0.3) is 0 Å². The Balaban J connectivity index is 1.51. The van der Waals surface area contributed by atoms with Crippen LogP contribution in [0.2, 0.25) is 5.02 Å². The molecule has 29 heavy (non-hydrogen) atoms. The number of amides is 1. The van der Waals surface area contributed by atoms with Gasteiger partial charge in [-0.15, -0.1) is 0 Å². The Kier molecular flexibility index (Phi) is 7.47. The fourth-order valence-corrected chi connectivity index (χ4v) is 5.04. The zero-order valence-electron chi connectivity index (χ0n) is 17.7. The molecule has 0 aromatic heterocycles. The highest BCUT2D eigenvalue weighted by Crippen LogP contribution is 2.48. The number of carbonyl (C=O) groups excluding carboxylic acids is 1. The number of benzene rings is 1. The third-order valence-electron chi connectivity index (χ3n) is 6.27. The summed E-state index contributed by atoms with van der Waals surface area (Å²) in [5, 5.41) is 16.4. The van der Waals surface area contributed by atoms with Gasteiger partial charge in [-0.05, 0) is 62.6 Å². The van der Waals surface area contributed by atoms with Gasteiger partial charge in [0.05, 0.1) is 16.2 Å². The number of rotatable bonds is 9. The largest absolute Gasteiger partial charge is 0.492 e. The van der Waals surface area contributed by atoms with Gasteiger partial charge >= 0.3 is 0 Å². The summed E-state index contributed by atoms with van der Waals surface area (Å²) in [6.07, 6.45) is 8.97. The van der Waals surface area contributed by atoms with Crippen LogP contribution in [0.3, 0.4) is 0 Å². The molecule has 1 aromatic rings. The van der Waals surface area contributed by atoms with Gasteiger partial charge in [0, 0.05) is 19.6 Å². The molecular formula is C23H35ClN2O3. The molecule has 162 valence electrons. The SMILES string of the molecule is CC(C)(O)CNCCOc1ccc(Cl)c(C(=O)NCC23CCCC(CCC2)C3)c1. The summed E-state index contributed by atoms with van der Waals surface area (Å²) < 4.78 is 5.74. The minimum absolute atomic E-state index is 0.123. The van der Waals surface area contributed by atoms with Crippen molar-refractivity contribution >= 4 is 17.5 Å². The van der Waals surface area contributed by atoms with Gasteiger partial charge in [0.2, 0.25) is 0 Å². The second-order valence-corrected chi connectivity index (χ2v) is 9.92. The van der Waals surface area contributed by atoms with Crippen molar-refractivity contribution in [1.82, 2.24) is 10.6 Å². The Morgan fingerprint density at radius 2 is 2.03 bits per heavy atom. The minimum Gasteiger partial charge on any atom is -0.492 e. The maximum Gasteiger partial charge on any atom is 0.252 e. The molecular weight excluding hydrogens is 388 g/mol. The molecule has 2 bridgehead atoms. The van der Waals surface area contributed by atoms with Crippen LogP contribution in [0.15, 0.2) is 18.2 Å². The van der Waals surface area contributed by atoms with Crippen molar-refractivity contribution in [2.75, 3.05) is 26.2 Å². The standard InChI is InChI=1S/C23H35ClN2O3/c1-22(2,28)15-25-11-12-29-18-7-8-20(24)19(13-18)21(27)26-16-23-9-3-5-17(14-23)6-4-10-23/h7-8,13,17,25,28H,3-6,9-12,14-16H2,1-2H3,(H,26,27). The van der Waals surface area contributed by atoms with E-state index in [-0.39, 0.29) is 11.3 Å². The van der Waals surface area contributed by atoms with Gasteiger partial charge in [0.15, 0.2) is 0 Å². The highest BCUT2D eigenvalue weighted by atomic mass is 35.5. The maximum atomic E-state index is 12.8. The molecule has 5 nitrogen and oxygen atoms in total. The number of nitrogens with one attached hydrogen (secondary N) is 2. The van der Waals surface area contributed by atoms with Gasteiger partial charge in [-0.25, -0.2) is 0 Å². The lowest BCUT2D eigenvalue weighted by molar-refractivity contribution is 0.0681. The van der Waals surface area contributed by atoms with E-state index in [9.17, 15) is 9.90 Å². The normalized spacial score (nSPS) is 24.2. The molecule has 3 N–H and O–H groups in total. The van der Waals surface area contributed by atoms with Crippen LogP contribution in [0.4, 0.5) is 0 Å². The van der Waals surface area contributed by atoms with Crippen LogP contribution in [0.5, 0.6) is 5.75 Å². The van der Waals surface area contributed by atoms with Crippen LogP contribution in [0.1, 0.15) is 69.2 Å². The Labute approximate surface area is 179 Å². The van der Waals surface area contributed by atoms with Gasteiger partial charge < -0.3 is 20.5 Å². The zero-order valence-corrected chi connectivity index (χ0v) is 18.5. The van der Waals surface area contributed by atoms with Gasteiger partial charge in [-0.3, -0.25) is 4.79 Å². The molecule has 2 aliphatic carbocycles. The first kappa shape index (κ1) is 22.4. The fourth-order valence-electron chi connectivity index (χ4n) is 4.84. The minimum atomic E-state index is -0.748. The number of halogens is 1. The molecule has 0 unspecified atom stereocenters. The van der Waals surface area contributed by atoms with E-state index >= 15 is 0 Å². The van der Waals surface area contributed by atoms with Crippen LogP contribution < -0.4 is 15.4 Å². The van der Waals surface area contributed by atoms with Crippen molar-refractivity contribution in [3.63, 3.8) is 0 Å². The number of ether oxygens (including phenoxy) is 1. The molecule has 0 saturated heterocycles. The summed E-state index contributed by atoms with van der Waals surface area (Å²) in [6, 6.07) is 5.21. The Bertz CT molecular complexity index is 692. The Hall–Kier alpha value is -1.30. The molecule has 0 spiro atoms. The van der Waals surface area contributed by atoms with Gasteiger partial charge in [-0.1, -0.05) is 37.3 Å². The van der Waals surface area contributed by atoms with Crippen LogP contribution >= 0.6 is 11.6 Å². The molecule has 3 rings (SSSR count). The quantitative estimate of drug-likeness (QED) is 0.522. The molecule has 0 radical (unpaired) electrons. The molecule has 1 amide bonds. The lowest BCUT2D eigenvalue weighted by atomic mass is 9.62. The monoisotopic (exact) mass is 422 g/mol. The molecule has 0 heterocycles. The van der Waals surface area contributed by atoms with E-state index in [0.717, 1.165) is 12.5 Å². The van der Waals surface area contributed by atoms with Crippen molar-refractivity contribution in [3.8, 4) is 5.75 Å². The number of carbonyl (C=O) groups is 1. The molecule has 2 aliphatic rings. The summed E-state index contributed by atoms with van der Waals surface area (Å²) >= 11 is 6.29. The third-order valence-corrected chi connectivity index (χ3v) is 6.60. The van der Waals surface area contributed by atoms with Crippen LogP contribution in [-0.2, 0) is 0 Å². The van der Waals surface area contributed by atoms with Crippen LogP contribution in [-0.4, -0.2) is 42.9 Å². The predicted octanol–water partition coefficient (Wildman–Crippen LogP) is 4.17. The lowest BCUT2D eigenvalue weighted by Gasteiger charge is -2.45. The first-order valence-electron chi connectivity index (χ1n) is 10.9. The van der Waals surface area contributed by atoms with E-state index < -0.39 is 5.60 Å². The second-order valence-electron chi connectivity index (χ2n) is 9.52. The zero-order chi connectivity index (χ0) is 20.9. The highest BCUT2D eigenvalue weighted by Gasteiger charge is 2.39. The number of aliphatic hydroxyl groups is 1. The van der Waals surface area contributed by atoms with Crippen LogP contribution in [0, 0.1) is 11.3 Å². The number of hydrogen-bond acceptors (Lipinski definition) is 4. The molecule has 6 heteroatoms. The van der Waals surface area contributed by atoms with E-state index in [1.54, 1.807) is 32.0 Å². The van der Waals surface area contributed by atoms with Crippen molar-refractivity contribution in [2.45, 2.75) is 64.4 Å². The number of hydrogen-bond donors (Lipinski definition) is 3. The Morgan fingerprint density at radius 3 is 2.72 bits per heavy atom. The molecule has 0 atom stereocenters. The first-order valence-corrected chi connectivity index (χ1v) is 11.3. The summed E-state index contributed by atoms with van der Waals surface area (Å²) in [5.74, 6) is 1.35. The molecule has 2 saturated carbocycles. The van der Waals surface area contributed by atoms with Crippen molar-refractivity contribution in [2.24, 2.45) is 11.3 Å². The van der Waals surface area contributed by atoms with Gasteiger partial charge in [0.1, 0.15) is 12.4 Å². The second kappa shape index (κ2) is 9.67. The third kappa shape index (κ3) is 6.59. The summed E-state index contributed by atoms with van der Waals surface area (Å²) in [4.78, 5) is 12.8.